The van der Waals surface area contributed by atoms with Crippen molar-refractivity contribution in [1.82, 2.24) is 4.90 Å². The molecule has 2 rings (SSSR count). The van der Waals surface area contributed by atoms with E-state index in [0.717, 1.165) is 17.0 Å². The fourth-order valence-corrected chi connectivity index (χ4v) is 3.56. The van der Waals surface area contributed by atoms with Crippen molar-refractivity contribution in [2.75, 3.05) is 14.1 Å². The quantitative estimate of drug-likeness (QED) is 0.803. The number of hydrogen-bond donors (Lipinski definition) is 1. The molecular weight excluding hydrogens is 314 g/mol. The van der Waals surface area contributed by atoms with Crippen LogP contribution in [0.4, 0.5) is 0 Å². The van der Waals surface area contributed by atoms with E-state index in [-0.39, 0.29) is 0 Å². The predicted molar refractivity (Wildman–Crippen MR) is 94.7 cm³/mol. The first-order valence-electron chi connectivity index (χ1n) is 7.39. The lowest BCUT2D eigenvalue weighted by Crippen LogP contribution is -2.11. The van der Waals surface area contributed by atoms with Crippen LogP contribution in [-0.4, -0.2) is 24.1 Å². The van der Waals surface area contributed by atoms with E-state index < -0.39 is 6.10 Å². The van der Waals surface area contributed by atoms with E-state index in [4.69, 9.17) is 11.6 Å². The third-order valence-electron chi connectivity index (χ3n) is 3.40. The van der Waals surface area contributed by atoms with Gasteiger partial charge < -0.3 is 10.0 Å². The molecule has 0 aliphatic carbocycles. The maximum Gasteiger partial charge on any atom is 0.0798 e. The van der Waals surface area contributed by atoms with Gasteiger partial charge in [0.2, 0.25) is 0 Å². The summed E-state index contributed by atoms with van der Waals surface area (Å²) in [4.78, 5) is 4.43. The van der Waals surface area contributed by atoms with Gasteiger partial charge in [0, 0.05) is 21.4 Å². The summed E-state index contributed by atoms with van der Waals surface area (Å²) >= 11 is 7.78. The van der Waals surface area contributed by atoms with Crippen molar-refractivity contribution in [1.29, 1.82) is 0 Å². The molecule has 0 aliphatic heterocycles. The third-order valence-corrected chi connectivity index (χ3v) is 4.84. The molecular formula is C18H22ClNOS. The van der Waals surface area contributed by atoms with Gasteiger partial charge >= 0.3 is 0 Å². The van der Waals surface area contributed by atoms with Gasteiger partial charge in [0.25, 0.3) is 0 Å². The first kappa shape index (κ1) is 17.4. The molecule has 0 aromatic heterocycles. The van der Waals surface area contributed by atoms with Crippen LogP contribution in [0.1, 0.15) is 30.6 Å². The lowest BCUT2D eigenvalue weighted by molar-refractivity contribution is 0.171. The molecule has 0 bridgehead atoms. The normalized spacial score (nSPS) is 12.6. The van der Waals surface area contributed by atoms with E-state index in [2.05, 4.69) is 37.2 Å². The molecule has 0 fully saturated rings. The SMILES string of the molecule is CCC(O)c1cc(Cl)ccc1Sc1ccccc1CN(C)C. The van der Waals surface area contributed by atoms with Crippen molar-refractivity contribution in [3.8, 4) is 0 Å². The van der Waals surface area contributed by atoms with Gasteiger partial charge in [-0.3, -0.25) is 0 Å². The number of benzene rings is 2. The zero-order valence-electron chi connectivity index (χ0n) is 13.2. The number of halogens is 1. The Morgan fingerprint density at radius 1 is 1.14 bits per heavy atom. The van der Waals surface area contributed by atoms with Crippen molar-refractivity contribution < 1.29 is 5.11 Å². The van der Waals surface area contributed by atoms with Gasteiger partial charge in [-0.05, 0) is 55.9 Å². The van der Waals surface area contributed by atoms with Crippen molar-refractivity contribution in [2.45, 2.75) is 35.8 Å². The van der Waals surface area contributed by atoms with Gasteiger partial charge in [0.1, 0.15) is 0 Å². The van der Waals surface area contributed by atoms with Crippen LogP contribution in [0.25, 0.3) is 0 Å². The Hall–Kier alpha value is -1.00. The van der Waals surface area contributed by atoms with E-state index in [1.165, 1.54) is 10.5 Å². The zero-order chi connectivity index (χ0) is 16.1. The van der Waals surface area contributed by atoms with Crippen LogP contribution in [0.5, 0.6) is 0 Å². The monoisotopic (exact) mass is 335 g/mol. The van der Waals surface area contributed by atoms with E-state index in [1.54, 1.807) is 11.8 Å². The van der Waals surface area contributed by atoms with Gasteiger partial charge in [0.05, 0.1) is 6.10 Å². The van der Waals surface area contributed by atoms with Crippen molar-refractivity contribution in [2.24, 2.45) is 0 Å². The minimum atomic E-state index is -0.484. The molecule has 1 atom stereocenters. The molecule has 2 aromatic carbocycles. The Kier molecular flexibility index (Phi) is 6.33. The van der Waals surface area contributed by atoms with Crippen LogP contribution in [0.2, 0.25) is 5.02 Å². The summed E-state index contributed by atoms with van der Waals surface area (Å²) < 4.78 is 0. The predicted octanol–water partition coefficient (Wildman–Crippen LogP) is 5.00. The summed E-state index contributed by atoms with van der Waals surface area (Å²) in [5.74, 6) is 0. The Labute approximate surface area is 142 Å². The Morgan fingerprint density at radius 3 is 2.55 bits per heavy atom. The molecule has 0 amide bonds. The molecule has 1 unspecified atom stereocenters. The number of aliphatic hydroxyl groups is 1. The third kappa shape index (κ3) is 4.50. The smallest absolute Gasteiger partial charge is 0.0798 e. The highest BCUT2D eigenvalue weighted by molar-refractivity contribution is 7.99. The average molecular weight is 336 g/mol. The second-order valence-corrected chi connectivity index (χ2v) is 7.07. The fourth-order valence-electron chi connectivity index (χ4n) is 2.29. The van der Waals surface area contributed by atoms with Gasteiger partial charge in [-0.25, -0.2) is 0 Å². The summed E-state index contributed by atoms with van der Waals surface area (Å²) in [6.07, 6.45) is 0.190. The lowest BCUT2D eigenvalue weighted by atomic mass is 10.1. The summed E-state index contributed by atoms with van der Waals surface area (Å²) in [6.45, 7) is 2.86. The minimum absolute atomic E-state index is 0.484. The molecule has 0 saturated carbocycles. The first-order valence-corrected chi connectivity index (χ1v) is 8.58. The Bertz CT molecular complexity index is 630. The average Bonchev–Trinajstić information content (AvgIpc) is 2.49. The molecule has 1 N–H and O–H groups in total. The van der Waals surface area contributed by atoms with Crippen LogP contribution < -0.4 is 0 Å². The summed E-state index contributed by atoms with van der Waals surface area (Å²) in [6, 6.07) is 14.1. The summed E-state index contributed by atoms with van der Waals surface area (Å²) in [5.41, 5.74) is 2.18. The van der Waals surface area contributed by atoms with Gasteiger partial charge in [0.15, 0.2) is 0 Å². The molecule has 0 spiro atoms. The highest BCUT2D eigenvalue weighted by atomic mass is 35.5. The number of aliphatic hydroxyl groups excluding tert-OH is 1. The molecule has 2 aromatic rings. The number of nitrogens with zero attached hydrogens (tertiary/aromatic N) is 1. The van der Waals surface area contributed by atoms with E-state index >= 15 is 0 Å². The van der Waals surface area contributed by atoms with Gasteiger partial charge in [-0.1, -0.05) is 48.5 Å². The molecule has 118 valence electrons. The first-order chi connectivity index (χ1) is 10.5. The van der Waals surface area contributed by atoms with Crippen LogP contribution >= 0.6 is 23.4 Å². The van der Waals surface area contributed by atoms with E-state index in [1.807, 2.05) is 31.2 Å². The second-order valence-electron chi connectivity index (χ2n) is 5.55. The van der Waals surface area contributed by atoms with Crippen LogP contribution in [0.3, 0.4) is 0 Å². The van der Waals surface area contributed by atoms with E-state index in [9.17, 15) is 5.11 Å². The highest BCUT2D eigenvalue weighted by Gasteiger charge is 2.14. The zero-order valence-corrected chi connectivity index (χ0v) is 14.8. The van der Waals surface area contributed by atoms with Crippen LogP contribution in [-0.2, 0) is 6.54 Å². The Morgan fingerprint density at radius 2 is 1.86 bits per heavy atom. The standard InChI is InChI=1S/C18H22ClNOS/c1-4-16(21)15-11-14(19)9-10-18(15)22-17-8-6-5-7-13(17)12-20(2)3/h5-11,16,21H,4,12H2,1-3H3. The summed E-state index contributed by atoms with van der Waals surface area (Å²) in [7, 11) is 4.13. The van der Waals surface area contributed by atoms with Crippen molar-refractivity contribution >= 4 is 23.4 Å². The van der Waals surface area contributed by atoms with Crippen molar-refractivity contribution in [3.05, 3.63) is 58.6 Å². The van der Waals surface area contributed by atoms with Crippen LogP contribution in [0.15, 0.2) is 52.3 Å². The molecule has 22 heavy (non-hydrogen) atoms. The molecule has 0 heterocycles. The summed E-state index contributed by atoms with van der Waals surface area (Å²) in [5, 5.41) is 10.9. The van der Waals surface area contributed by atoms with Crippen LogP contribution in [0, 0.1) is 0 Å². The lowest BCUT2D eigenvalue weighted by Gasteiger charge is -2.17. The largest absolute Gasteiger partial charge is 0.388 e. The second kappa shape index (κ2) is 8.02. The molecule has 0 radical (unpaired) electrons. The maximum atomic E-state index is 10.2. The van der Waals surface area contributed by atoms with E-state index in [0.29, 0.717) is 11.4 Å². The number of hydrogen-bond acceptors (Lipinski definition) is 3. The fraction of sp³-hybridized carbons (Fsp3) is 0.333. The van der Waals surface area contributed by atoms with Gasteiger partial charge in [-0.15, -0.1) is 0 Å². The van der Waals surface area contributed by atoms with Crippen molar-refractivity contribution in [3.63, 3.8) is 0 Å². The maximum absolute atomic E-state index is 10.2. The molecule has 4 heteroatoms. The molecule has 0 saturated heterocycles. The van der Waals surface area contributed by atoms with Gasteiger partial charge in [-0.2, -0.15) is 0 Å². The molecule has 2 nitrogen and oxygen atoms in total. The molecule has 0 aliphatic rings. The highest BCUT2D eigenvalue weighted by Crippen LogP contribution is 2.37. The number of rotatable bonds is 6. The topological polar surface area (TPSA) is 23.5 Å². The minimum Gasteiger partial charge on any atom is -0.388 e. The Balaban J connectivity index is 2.35.